The van der Waals surface area contributed by atoms with Crippen LogP contribution in [0.2, 0.25) is 0 Å². The molecule has 0 bridgehead atoms. The summed E-state index contributed by atoms with van der Waals surface area (Å²) in [6.45, 7) is 5.42. The first kappa shape index (κ1) is 20.0. The first-order chi connectivity index (χ1) is 13.8. The fourth-order valence-corrected chi connectivity index (χ4v) is 5.64. The van der Waals surface area contributed by atoms with E-state index in [1.807, 2.05) is 35.9 Å². The maximum absolute atomic E-state index is 13.1. The monoisotopic (exact) mass is 412 g/mol. The molecule has 3 heterocycles. The van der Waals surface area contributed by atoms with E-state index in [-0.39, 0.29) is 5.92 Å². The zero-order valence-electron chi connectivity index (χ0n) is 17.2. The lowest BCUT2D eigenvalue weighted by molar-refractivity contribution is 0.452. The Morgan fingerprint density at radius 1 is 1.17 bits per heavy atom. The molecule has 0 aliphatic carbocycles. The zero-order valence-corrected chi connectivity index (χ0v) is 18.1. The van der Waals surface area contributed by atoms with Crippen molar-refractivity contribution < 1.29 is 8.42 Å². The number of fused-ring (bicyclic) bond motifs is 1. The van der Waals surface area contributed by atoms with E-state index in [0.717, 1.165) is 36.3 Å². The second-order valence-electron chi connectivity index (χ2n) is 8.40. The number of imidazole rings is 1. The number of hydrogen-bond donors (Lipinski definition) is 0. The third-order valence-electron chi connectivity index (χ3n) is 5.65. The topological polar surface area (TPSA) is 68.1 Å². The summed E-state index contributed by atoms with van der Waals surface area (Å²) in [5, 5.41) is 0. The Labute approximate surface area is 172 Å². The van der Waals surface area contributed by atoms with Gasteiger partial charge in [0.1, 0.15) is 11.3 Å². The molecule has 3 aromatic rings. The fraction of sp³-hybridized carbons (Fsp3) is 0.455. The van der Waals surface area contributed by atoms with Crippen molar-refractivity contribution in [1.82, 2.24) is 18.8 Å². The van der Waals surface area contributed by atoms with Gasteiger partial charge >= 0.3 is 0 Å². The van der Waals surface area contributed by atoms with Crippen LogP contribution in [0.15, 0.2) is 47.5 Å². The van der Waals surface area contributed by atoms with E-state index < -0.39 is 10.0 Å². The quantitative estimate of drug-likeness (QED) is 0.622. The van der Waals surface area contributed by atoms with Crippen molar-refractivity contribution in [3.63, 3.8) is 0 Å². The molecule has 7 heteroatoms. The summed E-state index contributed by atoms with van der Waals surface area (Å²) < 4.78 is 29.8. The summed E-state index contributed by atoms with van der Waals surface area (Å²) in [5.74, 6) is 1.77. The lowest BCUT2D eigenvalue weighted by Crippen LogP contribution is -2.29. The van der Waals surface area contributed by atoms with E-state index in [9.17, 15) is 8.42 Å². The van der Waals surface area contributed by atoms with Crippen LogP contribution in [0.25, 0.3) is 11.2 Å². The molecule has 0 N–H and O–H groups in total. The van der Waals surface area contributed by atoms with Crippen molar-refractivity contribution in [3.8, 4) is 0 Å². The van der Waals surface area contributed by atoms with E-state index in [2.05, 4.69) is 23.8 Å². The normalized spacial score (nSPS) is 18.1. The molecular weight excluding hydrogens is 384 g/mol. The van der Waals surface area contributed by atoms with Crippen molar-refractivity contribution in [2.45, 2.75) is 38.0 Å². The van der Waals surface area contributed by atoms with Crippen molar-refractivity contribution in [2.24, 2.45) is 18.9 Å². The van der Waals surface area contributed by atoms with Crippen molar-refractivity contribution in [1.29, 1.82) is 0 Å². The highest BCUT2D eigenvalue weighted by atomic mass is 32.2. The third kappa shape index (κ3) is 4.07. The van der Waals surface area contributed by atoms with E-state index in [1.165, 1.54) is 5.56 Å². The van der Waals surface area contributed by atoms with Crippen LogP contribution in [0.4, 0.5) is 0 Å². The Morgan fingerprint density at radius 2 is 1.93 bits per heavy atom. The van der Waals surface area contributed by atoms with Crippen molar-refractivity contribution in [2.75, 3.05) is 13.1 Å². The summed E-state index contributed by atoms with van der Waals surface area (Å²) in [7, 11) is -1.48. The Kier molecular flexibility index (Phi) is 5.44. The summed E-state index contributed by atoms with van der Waals surface area (Å²) in [6.07, 6.45) is 4.33. The van der Waals surface area contributed by atoms with Crippen LogP contribution in [0.3, 0.4) is 0 Å². The minimum absolute atomic E-state index is 0.264. The SMILES string of the molecule is CC(C)Cc1ccc(S(=O)(=O)N2CC[C@H](Cc3nc4cccnc4n3C)C2)cc1. The zero-order chi connectivity index (χ0) is 20.6. The molecule has 29 heavy (non-hydrogen) atoms. The fourth-order valence-electron chi connectivity index (χ4n) is 4.11. The number of aromatic nitrogens is 3. The molecule has 0 amide bonds. The minimum Gasteiger partial charge on any atom is -0.316 e. The van der Waals surface area contributed by atoms with Gasteiger partial charge in [-0.2, -0.15) is 4.31 Å². The first-order valence-corrected chi connectivity index (χ1v) is 11.6. The average Bonchev–Trinajstić information content (AvgIpc) is 3.28. The second kappa shape index (κ2) is 7.88. The van der Waals surface area contributed by atoms with Gasteiger partial charge in [-0.1, -0.05) is 26.0 Å². The average molecular weight is 413 g/mol. The number of aryl methyl sites for hydroxylation is 1. The van der Waals surface area contributed by atoms with Gasteiger partial charge in [0.25, 0.3) is 0 Å². The number of sulfonamides is 1. The molecule has 1 fully saturated rings. The molecule has 0 saturated carbocycles. The van der Waals surface area contributed by atoms with Crippen molar-refractivity contribution >= 4 is 21.2 Å². The molecule has 2 aromatic heterocycles. The van der Waals surface area contributed by atoms with Gasteiger partial charge in [0.15, 0.2) is 5.65 Å². The predicted molar refractivity (Wildman–Crippen MR) is 114 cm³/mol. The van der Waals surface area contributed by atoms with Crippen LogP contribution in [0, 0.1) is 11.8 Å². The number of hydrogen-bond acceptors (Lipinski definition) is 4. The summed E-state index contributed by atoms with van der Waals surface area (Å²) in [6, 6.07) is 11.2. The van der Waals surface area contributed by atoms with Gasteiger partial charge < -0.3 is 4.57 Å². The molecule has 0 unspecified atom stereocenters. The summed E-state index contributed by atoms with van der Waals surface area (Å²) >= 11 is 0. The highest BCUT2D eigenvalue weighted by Gasteiger charge is 2.33. The first-order valence-electron chi connectivity index (χ1n) is 10.2. The van der Waals surface area contributed by atoms with Crippen LogP contribution in [-0.4, -0.2) is 40.3 Å². The molecule has 1 aliphatic rings. The van der Waals surface area contributed by atoms with Gasteiger partial charge in [0.2, 0.25) is 10.0 Å². The van der Waals surface area contributed by atoms with Crippen LogP contribution in [0.1, 0.15) is 31.7 Å². The standard InChI is InChI=1S/C22H28N4O2S/c1-16(2)13-17-6-8-19(9-7-17)29(27,28)26-12-10-18(15-26)14-21-24-20-5-4-11-23-22(20)25(21)3/h4-9,11,16,18H,10,12-15H2,1-3H3/t18-/m1/s1. The smallest absolute Gasteiger partial charge is 0.243 e. The van der Waals surface area contributed by atoms with Gasteiger partial charge in [-0.25, -0.2) is 18.4 Å². The van der Waals surface area contributed by atoms with E-state index >= 15 is 0 Å². The maximum atomic E-state index is 13.1. The molecule has 1 atom stereocenters. The molecule has 0 radical (unpaired) electrons. The van der Waals surface area contributed by atoms with Crippen LogP contribution < -0.4 is 0 Å². The molecule has 1 aliphatic heterocycles. The third-order valence-corrected chi connectivity index (χ3v) is 7.52. The highest BCUT2D eigenvalue weighted by molar-refractivity contribution is 7.89. The number of pyridine rings is 1. The Balaban J connectivity index is 1.46. The molecule has 1 saturated heterocycles. The molecule has 4 rings (SSSR count). The van der Waals surface area contributed by atoms with E-state index in [1.54, 1.807) is 22.6 Å². The van der Waals surface area contributed by atoms with E-state index in [0.29, 0.717) is 23.9 Å². The number of nitrogens with zero attached hydrogens (tertiary/aromatic N) is 4. The molecule has 154 valence electrons. The molecule has 1 aromatic carbocycles. The van der Waals surface area contributed by atoms with Gasteiger partial charge in [-0.3, -0.25) is 0 Å². The van der Waals surface area contributed by atoms with Crippen LogP contribution >= 0.6 is 0 Å². The molecular formula is C22H28N4O2S. The van der Waals surface area contributed by atoms with Gasteiger partial charge in [-0.15, -0.1) is 0 Å². The van der Waals surface area contributed by atoms with Crippen molar-refractivity contribution in [3.05, 3.63) is 54.0 Å². The Bertz CT molecular complexity index is 1100. The molecule has 0 spiro atoms. The minimum atomic E-state index is -3.45. The Hall–Kier alpha value is -2.25. The number of benzene rings is 1. The van der Waals surface area contributed by atoms with Gasteiger partial charge in [-0.05, 0) is 54.5 Å². The largest absolute Gasteiger partial charge is 0.316 e. The lowest BCUT2D eigenvalue weighted by atomic mass is 10.0. The van der Waals surface area contributed by atoms with Gasteiger partial charge in [0, 0.05) is 32.8 Å². The van der Waals surface area contributed by atoms with Crippen LogP contribution in [0.5, 0.6) is 0 Å². The lowest BCUT2D eigenvalue weighted by Gasteiger charge is -2.17. The van der Waals surface area contributed by atoms with Gasteiger partial charge in [0.05, 0.1) is 4.90 Å². The van der Waals surface area contributed by atoms with Crippen LogP contribution in [-0.2, 0) is 29.9 Å². The summed E-state index contributed by atoms with van der Waals surface area (Å²) in [4.78, 5) is 9.46. The molecule has 6 nitrogen and oxygen atoms in total. The second-order valence-corrected chi connectivity index (χ2v) is 10.3. The highest BCUT2D eigenvalue weighted by Crippen LogP contribution is 2.27. The maximum Gasteiger partial charge on any atom is 0.243 e. The predicted octanol–water partition coefficient (Wildman–Crippen LogP) is 3.42. The van der Waals surface area contributed by atoms with E-state index in [4.69, 9.17) is 0 Å². The summed E-state index contributed by atoms with van der Waals surface area (Å²) in [5.41, 5.74) is 2.93. The Morgan fingerprint density at radius 3 is 2.62 bits per heavy atom. The number of rotatable bonds is 6.